The summed E-state index contributed by atoms with van der Waals surface area (Å²) in [5.74, 6) is -1.15. The normalized spacial score (nSPS) is 21.2. The summed E-state index contributed by atoms with van der Waals surface area (Å²) < 4.78 is 38.0. The molecule has 2 aliphatic heterocycles. The zero-order valence-electron chi connectivity index (χ0n) is 25.2. The molecule has 0 radical (unpaired) electrons. The van der Waals surface area contributed by atoms with Crippen LogP contribution in [0.15, 0.2) is 126 Å². The van der Waals surface area contributed by atoms with E-state index in [9.17, 15) is 18.0 Å². The monoisotopic (exact) mass is 634 g/mol. The lowest BCUT2D eigenvalue weighted by Gasteiger charge is -2.34. The molecule has 9 nitrogen and oxygen atoms in total. The van der Waals surface area contributed by atoms with Gasteiger partial charge < -0.3 is 19.9 Å². The molecule has 1 amide bonds. The van der Waals surface area contributed by atoms with Crippen LogP contribution in [0.2, 0.25) is 0 Å². The minimum absolute atomic E-state index is 0.0740. The molecule has 1 aromatic heterocycles. The number of carbonyl (C=O) groups excluding carboxylic acids is 2. The van der Waals surface area contributed by atoms with E-state index in [4.69, 9.17) is 4.74 Å². The number of benzene rings is 4. The van der Waals surface area contributed by atoms with Gasteiger partial charge in [0.25, 0.3) is 0 Å². The molecule has 5 aromatic rings. The number of para-hydroxylation sites is 2. The maximum atomic E-state index is 14.6. The van der Waals surface area contributed by atoms with Crippen LogP contribution in [-0.4, -0.2) is 54.0 Å². The van der Waals surface area contributed by atoms with Crippen molar-refractivity contribution in [1.29, 1.82) is 0 Å². The Kier molecular flexibility index (Phi) is 7.62. The summed E-state index contributed by atoms with van der Waals surface area (Å²) in [5.41, 5.74) is 2.45. The molecule has 10 heteroatoms. The predicted molar refractivity (Wildman–Crippen MR) is 175 cm³/mol. The molecule has 0 spiro atoms. The van der Waals surface area contributed by atoms with E-state index in [1.165, 1.54) is 16.4 Å². The van der Waals surface area contributed by atoms with E-state index < -0.39 is 45.7 Å². The second kappa shape index (κ2) is 11.8. The number of nitrogens with one attached hydrogen (secondary N) is 2. The molecule has 4 atom stereocenters. The van der Waals surface area contributed by atoms with Gasteiger partial charge in [0.15, 0.2) is 0 Å². The SMILES string of the molecule is CCOC(=O)[C@H](Cc1ccccc1)NC(=O)[C@H]1C[C@@]2(n3ccc4ccccc43)c3ccccc3N[C@H]2N1S(=O)(=O)c1ccccc1. The first-order valence-electron chi connectivity index (χ1n) is 15.4. The van der Waals surface area contributed by atoms with Gasteiger partial charge in [0.1, 0.15) is 23.8 Å². The summed E-state index contributed by atoms with van der Waals surface area (Å²) in [5, 5.41) is 7.39. The standard InChI is InChI=1S/C36H34N4O5S/c1-2-45-34(42)30(23-25-13-5-3-6-14-25)37-33(41)32-24-36(39-22-21-26-15-9-12-20-31(26)39)28-18-10-11-19-29(28)38-35(36)40(32)46(43,44)27-16-7-4-8-17-27/h3-22,30,32,35,38H,2,23-24H2,1H3,(H,37,41)/t30-,32+,35-,36+/m0/s1. The molecule has 46 heavy (non-hydrogen) atoms. The molecular formula is C36H34N4O5S. The van der Waals surface area contributed by atoms with Crippen LogP contribution in [0.5, 0.6) is 0 Å². The minimum atomic E-state index is -4.23. The summed E-state index contributed by atoms with van der Waals surface area (Å²) in [7, 11) is -4.23. The maximum absolute atomic E-state index is 14.6. The van der Waals surface area contributed by atoms with E-state index in [1.54, 1.807) is 25.1 Å². The summed E-state index contributed by atoms with van der Waals surface area (Å²) in [6, 6.07) is 33.0. The van der Waals surface area contributed by atoms with Crippen molar-refractivity contribution >= 4 is 38.5 Å². The predicted octanol–water partition coefficient (Wildman–Crippen LogP) is 4.89. The number of aromatic nitrogens is 1. The van der Waals surface area contributed by atoms with Gasteiger partial charge in [0.2, 0.25) is 15.9 Å². The summed E-state index contributed by atoms with van der Waals surface area (Å²) in [4.78, 5) is 27.7. The topological polar surface area (TPSA) is 110 Å². The number of nitrogens with zero attached hydrogens (tertiary/aromatic N) is 2. The Labute approximate surface area is 267 Å². The van der Waals surface area contributed by atoms with E-state index >= 15 is 0 Å². The number of anilines is 1. The van der Waals surface area contributed by atoms with E-state index in [0.29, 0.717) is 0 Å². The first-order chi connectivity index (χ1) is 22.3. The van der Waals surface area contributed by atoms with E-state index in [-0.39, 0.29) is 24.3 Å². The largest absolute Gasteiger partial charge is 0.464 e. The highest BCUT2D eigenvalue weighted by molar-refractivity contribution is 7.89. The van der Waals surface area contributed by atoms with Crippen molar-refractivity contribution in [3.63, 3.8) is 0 Å². The number of hydrogen-bond acceptors (Lipinski definition) is 6. The number of fused-ring (bicyclic) bond motifs is 4. The lowest BCUT2D eigenvalue weighted by atomic mass is 9.86. The van der Waals surface area contributed by atoms with Crippen molar-refractivity contribution in [1.82, 2.24) is 14.2 Å². The number of sulfonamides is 1. The van der Waals surface area contributed by atoms with Gasteiger partial charge in [0.05, 0.1) is 11.5 Å². The molecule has 0 unspecified atom stereocenters. The highest BCUT2D eigenvalue weighted by Gasteiger charge is 2.64. The second-order valence-electron chi connectivity index (χ2n) is 11.6. The fourth-order valence-electron chi connectivity index (χ4n) is 7.03. The Bertz CT molecular complexity index is 2010. The Morgan fingerprint density at radius 2 is 1.59 bits per heavy atom. The molecule has 7 rings (SSSR count). The number of rotatable bonds is 9. The van der Waals surface area contributed by atoms with Crippen LogP contribution >= 0.6 is 0 Å². The Hall–Kier alpha value is -4.93. The molecule has 0 aliphatic carbocycles. The van der Waals surface area contributed by atoms with Gasteiger partial charge >= 0.3 is 5.97 Å². The minimum Gasteiger partial charge on any atom is -0.464 e. The van der Waals surface area contributed by atoms with Crippen LogP contribution in [0.3, 0.4) is 0 Å². The lowest BCUT2D eigenvalue weighted by Crippen LogP contribution is -2.55. The third-order valence-electron chi connectivity index (χ3n) is 9.03. The third kappa shape index (κ3) is 4.85. The van der Waals surface area contributed by atoms with Gasteiger partial charge in [-0.2, -0.15) is 4.31 Å². The second-order valence-corrected chi connectivity index (χ2v) is 13.5. The van der Waals surface area contributed by atoms with Crippen LogP contribution in [-0.2, 0) is 36.3 Å². The molecule has 2 N–H and O–H groups in total. The van der Waals surface area contributed by atoms with Crippen molar-refractivity contribution in [3.05, 3.63) is 133 Å². The van der Waals surface area contributed by atoms with Crippen molar-refractivity contribution in [2.75, 3.05) is 11.9 Å². The number of amides is 1. The highest BCUT2D eigenvalue weighted by atomic mass is 32.2. The number of ether oxygens (including phenoxy) is 1. The molecule has 1 saturated heterocycles. The zero-order valence-corrected chi connectivity index (χ0v) is 26.1. The lowest BCUT2D eigenvalue weighted by molar-refractivity contribution is -0.147. The molecule has 2 aliphatic rings. The fraction of sp³-hybridized carbons (Fsp3) is 0.222. The van der Waals surface area contributed by atoms with Crippen LogP contribution in [0.4, 0.5) is 5.69 Å². The molecule has 3 heterocycles. The van der Waals surface area contributed by atoms with Crippen LogP contribution in [0, 0.1) is 0 Å². The van der Waals surface area contributed by atoms with E-state index in [2.05, 4.69) is 15.2 Å². The Morgan fingerprint density at radius 3 is 2.35 bits per heavy atom. The van der Waals surface area contributed by atoms with Gasteiger partial charge in [-0.3, -0.25) is 4.79 Å². The smallest absolute Gasteiger partial charge is 0.328 e. The van der Waals surface area contributed by atoms with Gasteiger partial charge in [0, 0.05) is 35.8 Å². The fourth-order valence-corrected chi connectivity index (χ4v) is 8.79. The highest BCUT2D eigenvalue weighted by Crippen LogP contribution is 2.54. The van der Waals surface area contributed by atoms with Crippen LogP contribution in [0.25, 0.3) is 10.9 Å². The maximum Gasteiger partial charge on any atom is 0.328 e. The van der Waals surface area contributed by atoms with Crippen molar-refractivity contribution in [2.45, 2.75) is 48.4 Å². The quantitative estimate of drug-likeness (QED) is 0.224. The van der Waals surface area contributed by atoms with Crippen molar-refractivity contribution in [3.8, 4) is 0 Å². The van der Waals surface area contributed by atoms with E-state index in [0.717, 1.165) is 27.7 Å². The molecule has 4 aromatic carbocycles. The first kappa shape index (κ1) is 29.8. The summed E-state index contributed by atoms with van der Waals surface area (Å²) >= 11 is 0. The molecule has 1 fully saturated rings. The van der Waals surface area contributed by atoms with Gasteiger partial charge in [-0.05, 0) is 48.2 Å². The van der Waals surface area contributed by atoms with E-state index in [1.807, 2.05) is 91.1 Å². The number of carbonyl (C=O) groups is 2. The Morgan fingerprint density at radius 1 is 0.913 bits per heavy atom. The molecule has 0 bridgehead atoms. The van der Waals surface area contributed by atoms with Crippen molar-refractivity contribution in [2.24, 2.45) is 0 Å². The average Bonchev–Trinajstić information content (AvgIpc) is 3.75. The van der Waals surface area contributed by atoms with Gasteiger partial charge in [-0.15, -0.1) is 0 Å². The molecule has 0 saturated carbocycles. The Balaban J connectivity index is 1.37. The number of esters is 1. The molecular weight excluding hydrogens is 600 g/mol. The summed E-state index contributed by atoms with van der Waals surface area (Å²) in [6.07, 6.45) is 1.43. The first-order valence-corrected chi connectivity index (χ1v) is 16.8. The van der Waals surface area contributed by atoms with Gasteiger partial charge in [-0.1, -0.05) is 84.9 Å². The van der Waals surface area contributed by atoms with Crippen molar-refractivity contribution < 1.29 is 22.7 Å². The zero-order chi connectivity index (χ0) is 31.9. The average molecular weight is 635 g/mol. The third-order valence-corrected chi connectivity index (χ3v) is 10.9. The molecule has 234 valence electrons. The van der Waals surface area contributed by atoms with Crippen LogP contribution < -0.4 is 10.6 Å². The van der Waals surface area contributed by atoms with Gasteiger partial charge in [-0.25, -0.2) is 13.2 Å². The van der Waals surface area contributed by atoms with Crippen LogP contribution in [0.1, 0.15) is 24.5 Å². The number of hydrogen-bond donors (Lipinski definition) is 2. The summed E-state index contributed by atoms with van der Waals surface area (Å²) in [6.45, 7) is 1.85.